The van der Waals surface area contributed by atoms with Crippen molar-refractivity contribution >= 4 is 46.2 Å². The number of nitrogens with one attached hydrogen (secondary N) is 3. The van der Waals surface area contributed by atoms with Crippen LogP contribution in [0.4, 0.5) is 11.4 Å². The molecular formula is C19H21ClN4OS. The lowest BCUT2D eigenvalue weighted by Gasteiger charge is -2.30. The average Bonchev–Trinajstić information content (AvgIpc) is 2.63. The van der Waals surface area contributed by atoms with Gasteiger partial charge in [-0.25, -0.2) is 0 Å². The Bertz CT molecular complexity index is 827. The van der Waals surface area contributed by atoms with Crippen molar-refractivity contribution < 1.29 is 4.79 Å². The van der Waals surface area contributed by atoms with Crippen LogP contribution < -0.4 is 21.1 Å². The molecule has 2 aromatic rings. The third-order valence-corrected chi connectivity index (χ3v) is 4.90. The largest absolute Gasteiger partial charge is 0.362 e. The van der Waals surface area contributed by atoms with Crippen molar-refractivity contribution in [3.05, 3.63) is 58.6 Å². The van der Waals surface area contributed by atoms with Crippen molar-refractivity contribution in [2.24, 2.45) is 0 Å². The summed E-state index contributed by atoms with van der Waals surface area (Å²) in [7, 11) is 0. The molecule has 0 atom stereocenters. The number of carbonyl (C=O) groups excluding carboxylic acids is 1. The van der Waals surface area contributed by atoms with Crippen molar-refractivity contribution in [1.82, 2.24) is 10.9 Å². The molecular weight excluding hydrogens is 368 g/mol. The van der Waals surface area contributed by atoms with E-state index >= 15 is 0 Å². The molecule has 2 aromatic carbocycles. The van der Waals surface area contributed by atoms with Gasteiger partial charge in [-0.05, 0) is 61.3 Å². The number of anilines is 2. The summed E-state index contributed by atoms with van der Waals surface area (Å²) >= 11 is 11.3. The highest BCUT2D eigenvalue weighted by Crippen LogP contribution is 2.26. The van der Waals surface area contributed by atoms with E-state index in [1.807, 2.05) is 31.2 Å². The summed E-state index contributed by atoms with van der Waals surface area (Å²) in [4.78, 5) is 14.3. The van der Waals surface area contributed by atoms with Crippen molar-refractivity contribution in [2.75, 3.05) is 23.3 Å². The van der Waals surface area contributed by atoms with Crippen LogP contribution in [-0.2, 0) is 11.2 Å². The molecule has 3 rings (SSSR count). The van der Waals surface area contributed by atoms with E-state index in [0.29, 0.717) is 10.1 Å². The lowest BCUT2D eigenvalue weighted by Crippen LogP contribution is -2.48. The Morgan fingerprint density at radius 3 is 2.85 bits per heavy atom. The van der Waals surface area contributed by atoms with E-state index in [1.54, 1.807) is 6.07 Å². The van der Waals surface area contributed by atoms with Gasteiger partial charge in [0.25, 0.3) is 5.91 Å². The zero-order valence-electron chi connectivity index (χ0n) is 14.5. The number of benzene rings is 2. The first-order chi connectivity index (χ1) is 12.5. The summed E-state index contributed by atoms with van der Waals surface area (Å²) in [5, 5.41) is 3.95. The second-order valence-electron chi connectivity index (χ2n) is 6.25. The number of halogens is 1. The molecule has 3 N–H and O–H groups in total. The fraction of sp³-hybridized carbons (Fsp3) is 0.263. The van der Waals surface area contributed by atoms with Gasteiger partial charge in [-0.3, -0.25) is 15.6 Å². The van der Waals surface area contributed by atoms with Crippen LogP contribution >= 0.6 is 23.8 Å². The number of fused-ring (bicyclic) bond motifs is 1. The molecule has 0 aliphatic carbocycles. The Hall–Kier alpha value is -2.31. The number of rotatable bonds is 3. The Balaban J connectivity index is 1.50. The Kier molecular flexibility index (Phi) is 5.96. The van der Waals surface area contributed by atoms with Gasteiger partial charge in [-0.2, -0.15) is 0 Å². The summed E-state index contributed by atoms with van der Waals surface area (Å²) in [6, 6.07) is 13.8. The van der Waals surface area contributed by atoms with Gasteiger partial charge in [-0.1, -0.05) is 35.9 Å². The van der Waals surface area contributed by atoms with E-state index in [4.69, 9.17) is 23.8 Å². The zero-order valence-corrected chi connectivity index (χ0v) is 16.1. The summed E-state index contributed by atoms with van der Waals surface area (Å²) < 4.78 is 0. The van der Waals surface area contributed by atoms with E-state index in [9.17, 15) is 4.79 Å². The number of hydrogen-bond acceptors (Lipinski definition) is 3. The number of thiocarbonyl (C=S) groups is 1. The van der Waals surface area contributed by atoms with Gasteiger partial charge >= 0.3 is 0 Å². The fourth-order valence-electron chi connectivity index (χ4n) is 2.95. The first-order valence-corrected chi connectivity index (χ1v) is 9.26. The van der Waals surface area contributed by atoms with Gasteiger partial charge < -0.3 is 10.2 Å². The molecule has 0 fully saturated rings. The van der Waals surface area contributed by atoms with Crippen molar-refractivity contribution in [3.8, 4) is 0 Å². The predicted octanol–water partition coefficient (Wildman–Crippen LogP) is 3.42. The number of hydrazine groups is 1. The molecule has 0 aromatic heterocycles. The SMILES string of the molecule is Cc1ccc(NC(=S)NNC(=O)CN2CCCc3ccccc32)cc1Cl. The van der Waals surface area contributed by atoms with E-state index in [0.717, 1.165) is 36.3 Å². The smallest absolute Gasteiger partial charge is 0.257 e. The molecule has 1 aliphatic heterocycles. The van der Waals surface area contributed by atoms with Gasteiger partial charge in [0.05, 0.1) is 6.54 Å². The topological polar surface area (TPSA) is 56.4 Å². The second kappa shape index (κ2) is 8.38. The van der Waals surface area contributed by atoms with Crippen LogP contribution in [0.2, 0.25) is 5.02 Å². The molecule has 0 saturated carbocycles. The Morgan fingerprint density at radius 1 is 1.23 bits per heavy atom. The summed E-state index contributed by atoms with van der Waals surface area (Å²) in [5.74, 6) is -0.146. The fourth-order valence-corrected chi connectivity index (χ4v) is 3.30. The summed E-state index contributed by atoms with van der Waals surface area (Å²) in [5.41, 5.74) is 9.54. The predicted molar refractivity (Wildman–Crippen MR) is 111 cm³/mol. The van der Waals surface area contributed by atoms with E-state index in [1.165, 1.54) is 5.56 Å². The molecule has 0 saturated heterocycles. The first-order valence-electron chi connectivity index (χ1n) is 8.48. The minimum absolute atomic E-state index is 0.146. The highest BCUT2D eigenvalue weighted by atomic mass is 35.5. The molecule has 26 heavy (non-hydrogen) atoms. The van der Waals surface area contributed by atoms with Gasteiger partial charge in [0.1, 0.15) is 0 Å². The minimum atomic E-state index is -0.146. The van der Waals surface area contributed by atoms with Gasteiger partial charge in [0.15, 0.2) is 5.11 Å². The molecule has 0 bridgehead atoms. The van der Waals surface area contributed by atoms with Crippen LogP contribution in [0.15, 0.2) is 42.5 Å². The van der Waals surface area contributed by atoms with Crippen molar-refractivity contribution in [2.45, 2.75) is 19.8 Å². The average molecular weight is 389 g/mol. The number of nitrogens with zero attached hydrogens (tertiary/aromatic N) is 1. The number of amides is 1. The van der Waals surface area contributed by atoms with E-state index < -0.39 is 0 Å². The molecule has 7 heteroatoms. The van der Waals surface area contributed by atoms with Gasteiger partial charge in [0.2, 0.25) is 0 Å². The first kappa shape index (κ1) is 18.5. The quantitative estimate of drug-likeness (QED) is 0.555. The lowest BCUT2D eigenvalue weighted by atomic mass is 10.0. The Labute approximate surface area is 163 Å². The highest BCUT2D eigenvalue weighted by Gasteiger charge is 2.18. The molecule has 1 aliphatic rings. The number of carbonyl (C=O) groups is 1. The molecule has 0 spiro atoms. The van der Waals surface area contributed by atoms with E-state index in [2.05, 4.69) is 33.2 Å². The van der Waals surface area contributed by atoms with Gasteiger partial charge in [0, 0.05) is 22.9 Å². The molecule has 0 unspecified atom stereocenters. The normalized spacial score (nSPS) is 12.9. The number of para-hydroxylation sites is 1. The molecule has 1 amide bonds. The molecule has 136 valence electrons. The zero-order chi connectivity index (χ0) is 18.5. The monoisotopic (exact) mass is 388 g/mol. The second-order valence-corrected chi connectivity index (χ2v) is 7.06. The van der Waals surface area contributed by atoms with Crippen LogP contribution in [0.5, 0.6) is 0 Å². The third-order valence-electron chi connectivity index (χ3n) is 4.29. The van der Waals surface area contributed by atoms with Crippen molar-refractivity contribution in [1.29, 1.82) is 0 Å². The van der Waals surface area contributed by atoms with Crippen LogP contribution in [0.25, 0.3) is 0 Å². The van der Waals surface area contributed by atoms with Crippen LogP contribution in [-0.4, -0.2) is 24.1 Å². The van der Waals surface area contributed by atoms with Crippen LogP contribution in [0, 0.1) is 6.92 Å². The van der Waals surface area contributed by atoms with Crippen LogP contribution in [0.3, 0.4) is 0 Å². The highest BCUT2D eigenvalue weighted by molar-refractivity contribution is 7.80. The maximum atomic E-state index is 12.3. The maximum absolute atomic E-state index is 12.3. The third kappa shape index (κ3) is 4.65. The maximum Gasteiger partial charge on any atom is 0.257 e. The molecule has 5 nitrogen and oxygen atoms in total. The summed E-state index contributed by atoms with van der Waals surface area (Å²) in [6.45, 7) is 3.08. The summed E-state index contributed by atoms with van der Waals surface area (Å²) in [6.07, 6.45) is 2.10. The Morgan fingerprint density at radius 2 is 2.04 bits per heavy atom. The van der Waals surface area contributed by atoms with Gasteiger partial charge in [-0.15, -0.1) is 0 Å². The molecule has 0 radical (unpaired) electrons. The number of hydrogen-bond donors (Lipinski definition) is 3. The molecule has 1 heterocycles. The number of aryl methyl sites for hydroxylation is 2. The minimum Gasteiger partial charge on any atom is -0.362 e. The standard InChI is InChI=1S/C19H21ClN4OS/c1-13-8-9-15(11-16(13)20)21-19(26)23-22-18(25)12-24-10-4-6-14-5-2-3-7-17(14)24/h2-3,5,7-9,11H,4,6,10,12H2,1H3,(H,22,25)(H2,21,23,26). The van der Waals surface area contributed by atoms with E-state index in [-0.39, 0.29) is 12.5 Å². The van der Waals surface area contributed by atoms with Crippen molar-refractivity contribution in [3.63, 3.8) is 0 Å². The van der Waals surface area contributed by atoms with Crippen LogP contribution in [0.1, 0.15) is 17.5 Å². The lowest BCUT2D eigenvalue weighted by molar-refractivity contribution is -0.120.